The Bertz CT molecular complexity index is 1030. The summed E-state index contributed by atoms with van der Waals surface area (Å²) in [6, 6.07) is 19.0. The lowest BCUT2D eigenvalue weighted by Crippen LogP contribution is -2.38. The number of rotatable bonds is 11. The second-order valence-corrected chi connectivity index (χ2v) is 9.71. The molecule has 0 spiro atoms. The van der Waals surface area contributed by atoms with Crippen LogP contribution in [0.2, 0.25) is 0 Å². The van der Waals surface area contributed by atoms with Crippen LogP contribution in [0.4, 0.5) is 13.2 Å². The van der Waals surface area contributed by atoms with E-state index in [2.05, 4.69) is 9.80 Å². The summed E-state index contributed by atoms with van der Waals surface area (Å²) in [5, 5.41) is 10.4. The van der Waals surface area contributed by atoms with Crippen LogP contribution in [0.5, 0.6) is 5.75 Å². The first kappa shape index (κ1) is 27.2. The van der Waals surface area contributed by atoms with Gasteiger partial charge in [-0.1, -0.05) is 24.3 Å². The lowest BCUT2D eigenvalue weighted by atomic mass is 9.87. The van der Waals surface area contributed by atoms with Crippen LogP contribution in [0.15, 0.2) is 72.8 Å². The second kappa shape index (κ2) is 13.6. The predicted molar refractivity (Wildman–Crippen MR) is 139 cm³/mol. The molecule has 4 nitrogen and oxygen atoms in total. The molecule has 0 saturated carbocycles. The highest BCUT2D eigenvalue weighted by Gasteiger charge is 2.19. The fourth-order valence-electron chi connectivity index (χ4n) is 4.94. The number of aliphatic hydroxyl groups is 1. The normalized spacial score (nSPS) is 16.0. The second-order valence-electron chi connectivity index (χ2n) is 9.71. The van der Waals surface area contributed by atoms with Crippen LogP contribution in [0.25, 0.3) is 0 Å². The Balaban J connectivity index is 1.23. The van der Waals surface area contributed by atoms with Crippen molar-refractivity contribution >= 4 is 0 Å². The standard InChI is InChI=1S/C30H35F3N2O2/c31-25-8-4-23(5-9-25)30(24-6-10-26(32)11-7-24)3-1-16-34-17-2-18-35(20-19-34)21-28(36)22-37-29-14-12-27(33)13-15-29/h4-15,28,30,36H,1-3,16-22H2. The van der Waals surface area contributed by atoms with E-state index >= 15 is 0 Å². The van der Waals surface area contributed by atoms with E-state index in [1.54, 1.807) is 12.1 Å². The van der Waals surface area contributed by atoms with E-state index in [0.29, 0.717) is 12.3 Å². The number of hydrogen-bond acceptors (Lipinski definition) is 4. The van der Waals surface area contributed by atoms with Gasteiger partial charge in [0.1, 0.15) is 35.9 Å². The molecule has 0 aromatic heterocycles. The summed E-state index contributed by atoms with van der Waals surface area (Å²) in [4.78, 5) is 4.71. The third-order valence-corrected chi connectivity index (χ3v) is 6.92. The molecular weight excluding hydrogens is 477 g/mol. The van der Waals surface area contributed by atoms with Crippen LogP contribution in [0.1, 0.15) is 36.3 Å². The third-order valence-electron chi connectivity index (χ3n) is 6.92. The minimum Gasteiger partial charge on any atom is -0.491 e. The van der Waals surface area contributed by atoms with Crippen molar-refractivity contribution in [2.75, 3.05) is 45.9 Å². The summed E-state index contributed by atoms with van der Waals surface area (Å²) < 4.78 is 45.6. The van der Waals surface area contributed by atoms with Gasteiger partial charge < -0.3 is 14.7 Å². The van der Waals surface area contributed by atoms with Crippen LogP contribution in [-0.4, -0.2) is 66.9 Å². The molecule has 3 aromatic carbocycles. The van der Waals surface area contributed by atoms with Crippen molar-refractivity contribution in [2.45, 2.75) is 31.3 Å². The first-order valence-electron chi connectivity index (χ1n) is 13.0. The Kier molecular flexibility index (Phi) is 9.99. The van der Waals surface area contributed by atoms with Gasteiger partial charge in [0.2, 0.25) is 0 Å². The van der Waals surface area contributed by atoms with Crippen LogP contribution in [-0.2, 0) is 0 Å². The van der Waals surface area contributed by atoms with Crippen molar-refractivity contribution in [2.24, 2.45) is 0 Å². The third kappa shape index (κ3) is 8.59. The van der Waals surface area contributed by atoms with E-state index < -0.39 is 6.10 Å². The van der Waals surface area contributed by atoms with E-state index in [9.17, 15) is 18.3 Å². The van der Waals surface area contributed by atoms with Crippen molar-refractivity contribution in [3.63, 3.8) is 0 Å². The summed E-state index contributed by atoms with van der Waals surface area (Å²) in [6.45, 7) is 5.35. The molecule has 1 heterocycles. The van der Waals surface area contributed by atoms with Gasteiger partial charge in [-0.05, 0) is 98.6 Å². The Morgan fingerprint density at radius 2 is 1.22 bits per heavy atom. The molecule has 4 rings (SSSR count). The maximum Gasteiger partial charge on any atom is 0.123 e. The van der Waals surface area contributed by atoms with Gasteiger partial charge >= 0.3 is 0 Å². The lowest BCUT2D eigenvalue weighted by molar-refractivity contribution is 0.0693. The zero-order valence-electron chi connectivity index (χ0n) is 21.0. The van der Waals surface area contributed by atoms with E-state index in [4.69, 9.17) is 4.74 Å². The van der Waals surface area contributed by atoms with Gasteiger partial charge in [-0.25, -0.2) is 13.2 Å². The van der Waals surface area contributed by atoms with Gasteiger partial charge in [0.05, 0.1) is 0 Å². The summed E-state index contributed by atoms with van der Waals surface area (Å²) in [7, 11) is 0. The summed E-state index contributed by atoms with van der Waals surface area (Å²) in [6.07, 6.45) is 2.25. The first-order valence-corrected chi connectivity index (χ1v) is 13.0. The van der Waals surface area contributed by atoms with E-state index in [1.807, 2.05) is 24.3 Å². The van der Waals surface area contributed by atoms with Crippen LogP contribution in [0.3, 0.4) is 0 Å². The van der Waals surface area contributed by atoms with Crippen molar-refractivity contribution in [3.05, 3.63) is 101 Å². The van der Waals surface area contributed by atoms with E-state index in [-0.39, 0.29) is 30.0 Å². The van der Waals surface area contributed by atoms with Crippen molar-refractivity contribution in [1.82, 2.24) is 9.80 Å². The number of aliphatic hydroxyl groups excluding tert-OH is 1. The number of nitrogens with zero attached hydrogens (tertiary/aromatic N) is 2. The van der Waals surface area contributed by atoms with Gasteiger partial charge in [0.25, 0.3) is 0 Å². The molecule has 37 heavy (non-hydrogen) atoms. The lowest BCUT2D eigenvalue weighted by Gasteiger charge is -2.25. The smallest absolute Gasteiger partial charge is 0.123 e. The number of benzene rings is 3. The summed E-state index contributed by atoms with van der Waals surface area (Å²) >= 11 is 0. The zero-order chi connectivity index (χ0) is 26.0. The first-order chi connectivity index (χ1) is 18.0. The molecule has 0 aliphatic carbocycles. The molecule has 1 atom stereocenters. The molecule has 3 aromatic rings. The number of hydrogen-bond donors (Lipinski definition) is 1. The topological polar surface area (TPSA) is 35.9 Å². The molecule has 0 radical (unpaired) electrons. The summed E-state index contributed by atoms with van der Waals surface area (Å²) in [5.41, 5.74) is 2.07. The van der Waals surface area contributed by atoms with Gasteiger partial charge in [0, 0.05) is 25.6 Å². The molecule has 1 unspecified atom stereocenters. The van der Waals surface area contributed by atoms with Crippen LogP contribution < -0.4 is 4.74 Å². The number of β-amino-alcohol motifs (C(OH)–C–C–N with tert-alkyl or cyclic N) is 1. The molecule has 1 fully saturated rings. The fraction of sp³-hybridized carbons (Fsp3) is 0.400. The van der Waals surface area contributed by atoms with E-state index in [0.717, 1.165) is 63.1 Å². The highest BCUT2D eigenvalue weighted by atomic mass is 19.1. The number of halogens is 3. The SMILES string of the molecule is OC(COc1ccc(F)cc1)CN1CCCN(CCCC(c2ccc(F)cc2)c2ccc(F)cc2)CC1. The highest BCUT2D eigenvalue weighted by molar-refractivity contribution is 5.32. The fourth-order valence-corrected chi connectivity index (χ4v) is 4.94. The van der Waals surface area contributed by atoms with Crippen LogP contribution in [0, 0.1) is 17.5 Å². The maximum atomic E-state index is 13.5. The monoisotopic (exact) mass is 512 g/mol. The minimum atomic E-state index is -0.622. The molecule has 0 bridgehead atoms. The molecule has 1 N–H and O–H groups in total. The molecule has 1 aliphatic rings. The average molecular weight is 513 g/mol. The van der Waals surface area contributed by atoms with Crippen molar-refractivity contribution < 1.29 is 23.0 Å². The largest absolute Gasteiger partial charge is 0.491 e. The molecular formula is C30H35F3N2O2. The van der Waals surface area contributed by atoms with Gasteiger partial charge in [0.15, 0.2) is 0 Å². The molecule has 1 aliphatic heterocycles. The maximum absolute atomic E-state index is 13.5. The van der Waals surface area contributed by atoms with Crippen LogP contribution >= 0.6 is 0 Å². The molecule has 1 saturated heterocycles. The summed E-state index contributed by atoms with van der Waals surface area (Å²) in [5.74, 6) is -0.211. The Hall–Kier alpha value is -2.87. The quantitative estimate of drug-likeness (QED) is 0.370. The molecule has 198 valence electrons. The molecule has 7 heteroatoms. The predicted octanol–water partition coefficient (Wildman–Crippen LogP) is 5.46. The number of ether oxygens (including phenoxy) is 1. The van der Waals surface area contributed by atoms with E-state index in [1.165, 1.54) is 36.4 Å². The van der Waals surface area contributed by atoms with Gasteiger partial charge in [-0.2, -0.15) is 0 Å². The van der Waals surface area contributed by atoms with Gasteiger partial charge in [-0.15, -0.1) is 0 Å². The highest BCUT2D eigenvalue weighted by Crippen LogP contribution is 2.30. The van der Waals surface area contributed by atoms with Crippen molar-refractivity contribution in [3.8, 4) is 5.75 Å². The molecule has 0 amide bonds. The Morgan fingerprint density at radius 3 is 1.81 bits per heavy atom. The Morgan fingerprint density at radius 1 is 0.703 bits per heavy atom. The van der Waals surface area contributed by atoms with Crippen molar-refractivity contribution in [1.29, 1.82) is 0 Å². The zero-order valence-corrected chi connectivity index (χ0v) is 21.0. The minimum absolute atomic E-state index is 0.0842. The Labute approximate surface area is 217 Å². The van der Waals surface area contributed by atoms with Gasteiger partial charge in [-0.3, -0.25) is 4.90 Å². The average Bonchev–Trinajstić information content (AvgIpc) is 3.13.